The van der Waals surface area contributed by atoms with Gasteiger partial charge in [0.25, 0.3) is 5.91 Å². The minimum absolute atomic E-state index is 0.0526. The van der Waals surface area contributed by atoms with E-state index in [9.17, 15) is 4.79 Å². The summed E-state index contributed by atoms with van der Waals surface area (Å²) in [5.74, 6) is 0.819. The zero-order valence-electron chi connectivity index (χ0n) is 17.6. The molecule has 1 aromatic carbocycles. The zero-order valence-corrected chi connectivity index (χ0v) is 17.6. The maximum Gasteiger partial charge on any atom is 0.287 e. The summed E-state index contributed by atoms with van der Waals surface area (Å²) in [6, 6.07) is 9.46. The van der Waals surface area contributed by atoms with Gasteiger partial charge in [-0.1, -0.05) is 31.8 Å². The van der Waals surface area contributed by atoms with E-state index in [1.54, 1.807) is 12.1 Å². The highest BCUT2D eigenvalue weighted by Gasteiger charge is 2.26. The Morgan fingerprint density at radius 3 is 2.81 bits per heavy atom. The third-order valence-electron chi connectivity index (χ3n) is 5.96. The number of furan rings is 1. The van der Waals surface area contributed by atoms with Crippen molar-refractivity contribution in [3.05, 3.63) is 54.6 Å². The molecular weight excluding hydrogens is 394 g/mol. The van der Waals surface area contributed by atoms with Crippen molar-refractivity contribution >= 4 is 16.9 Å². The van der Waals surface area contributed by atoms with E-state index in [1.165, 1.54) is 31.9 Å². The summed E-state index contributed by atoms with van der Waals surface area (Å²) >= 11 is 0. The lowest BCUT2D eigenvalue weighted by Gasteiger charge is -2.17. The number of carbonyl (C=O) groups excluding carboxylic acids is 1. The van der Waals surface area contributed by atoms with Crippen molar-refractivity contribution in [1.82, 2.24) is 25.0 Å². The monoisotopic (exact) mass is 419 g/mol. The summed E-state index contributed by atoms with van der Waals surface area (Å²) in [6.07, 6.45) is 8.38. The first-order chi connectivity index (χ1) is 15.1. The second-order valence-corrected chi connectivity index (χ2v) is 8.42. The van der Waals surface area contributed by atoms with Gasteiger partial charge in [-0.3, -0.25) is 4.79 Å². The second kappa shape index (κ2) is 8.02. The zero-order chi connectivity index (χ0) is 21.4. The number of nitrogens with zero attached hydrogens (tertiary/aromatic N) is 4. The third-order valence-corrected chi connectivity index (χ3v) is 5.96. The first-order valence-corrected chi connectivity index (χ1v) is 10.7. The van der Waals surface area contributed by atoms with Crippen LogP contribution >= 0.6 is 0 Å². The molecular formula is C23H25N5O3. The molecule has 0 aliphatic heterocycles. The maximum atomic E-state index is 12.4. The number of hydrogen-bond acceptors (Lipinski definition) is 6. The lowest BCUT2D eigenvalue weighted by molar-refractivity contribution is 0.0885. The van der Waals surface area contributed by atoms with E-state index in [-0.39, 0.29) is 17.6 Å². The van der Waals surface area contributed by atoms with Crippen LogP contribution in [0.1, 0.15) is 68.1 Å². The highest BCUT2D eigenvalue weighted by molar-refractivity contribution is 5.91. The van der Waals surface area contributed by atoms with Crippen LogP contribution < -0.4 is 5.32 Å². The highest BCUT2D eigenvalue weighted by atomic mass is 16.5. The smallest absolute Gasteiger partial charge is 0.287 e. The molecule has 1 amide bonds. The second-order valence-electron chi connectivity index (χ2n) is 8.42. The number of benzene rings is 1. The van der Waals surface area contributed by atoms with E-state index in [4.69, 9.17) is 8.94 Å². The van der Waals surface area contributed by atoms with Gasteiger partial charge in [-0.15, -0.1) is 0 Å². The fourth-order valence-electron chi connectivity index (χ4n) is 4.26. The molecule has 1 atom stereocenters. The number of rotatable bonds is 6. The van der Waals surface area contributed by atoms with E-state index in [2.05, 4.69) is 31.1 Å². The quantitative estimate of drug-likeness (QED) is 0.476. The van der Waals surface area contributed by atoms with Crippen LogP contribution in [0.25, 0.3) is 22.4 Å². The Kier molecular flexibility index (Phi) is 5.05. The molecule has 0 radical (unpaired) electrons. The van der Waals surface area contributed by atoms with Gasteiger partial charge in [0.1, 0.15) is 6.04 Å². The summed E-state index contributed by atoms with van der Waals surface area (Å²) in [5, 5.41) is 7.07. The minimum atomic E-state index is -0.427. The Labute approximate surface area is 179 Å². The molecule has 160 valence electrons. The minimum Gasteiger partial charge on any atom is -0.459 e. The summed E-state index contributed by atoms with van der Waals surface area (Å²) in [6.45, 7) is 3.97. The number of fused-ring (bicyclic) bond motifs is 1. The molecule has 8 nitrogen and oxygen atoms in total. The van der Waals surface area contributed by atoms with Gasteiger partial charge in [-0.05, 0) is 49.1 Å². The van der Waals surface area contributed by atoms with Crippen molar-refractivity contribution in [2.75, 3.05) is 0 Å². The Balaban J connectivity index is 1.39. The van der Waals surface area contributed by atoms with Crippen LogP contribution in [-0.2, 0) is 0 Å². The van der Waals surface area contributed by atoms with Crippen LogP contribution in [0.3, 0.4) is 0 Å². The van der Waals surface area contributed by atoms with Gasteiger partial charge in [0.05, 0.1) is 23.6 Å². The molecule has 1 fully saturated rings. The fourth-order valence-corrected chi connectivity index (χ4v) is 4.26. The van der Waals surface area contributed by atoms with Crippen molar-refractivity contribution in [3.8, 4) is 11.4 Å². The van der Waals surface area contributed by atoms with Crippen molar-refractivity contribution < 1.29 is 13.7 Å². The average Bonchev–Trinajstić information content (AvgIpc) is 3.55. The molecule has 4 aromatic rings. The average molecular weight is 419 g/mol. The third kappa shape index (κ3) is 3.73. The summed E-state index contributed by atoms with van der Waals surface area (Å²) in [4.78, 5) is 21.6. The lowest BCUT2D eigenvalue weighted by atomic mass is 10.0. The van der Waals surface area contributed by atoms with Crippen LogP contribution in [0.15, 0.2) is 51.9 Å². The molecule has 0 unspecified atom stereocenters. The van der Waals surface area contributed by atoms with Gasteiger partial charge < -0.3 is 18.8 Å². The largest absolute Gasteiger partial charge is 0.459 e. The predicted molar refractivity (Wildman–Crippen MR) is 114 cm³/mol. The molecule has 5 rings (SSSR count). The van der Waals surface area contributed by atoms with Crippen molar-refractivity contribution in [3.63, 3.8) is 0 Å². The van der Waals surface area contributed by atoms with Gasteiger partial charge in [0.2, 0.25) is 11.7 Å². The fraction of sp³-hybridized carbons (Fsp3) is 0.391. The number of amides is 1. The molecule has 1 aliphatic carbocycles. The molecule has 3 heterocycles. The van der Waals surface area contributed by atoms with Gasteiger partial charge in [0, 0.05) is 11.6 Å². The highest BCUT2D eigenvalue weighted by Crippen LogP contribution is 2.33. The van der Waals surface area contributed by atoms with E-state index >= 15 is 0 Å². The van der Waals surface area contributed by atoms with Gasteiger partial charge in [0.15, 0.2) is 5.76 Å². The van der Waals surface area contributed by atoms with Crippen molar-refractivity contribution in [2.45, 2.75) is 51.6 Å². The number of imidazole rings is 1. The number of carbonyl (C=O) groups is 1. The summed E-state index contributed by atoms with van der Waals surface area (Å²) in [5.41, 5.74) is 2.88. The van der Waals surface area contributed by atoms with E-state index in [1.807, 2.05) is 32.3 Å². The predicted octanol–water partition coefficient (Wildman–Crippen LogP) is 4.92. The standard InChI is InChI=1S/C23H25N5O3/c1-14(2)20(25-22(29)19-8-5-11-30-19)23-26-21(27-31-23)15-9-10-18-17(12-15)24-13-28(18)16-6-3-4-7-16/h5,8-14,16,20H,3-4,6-7H2,1-2H3,(H,25,29)/t20-/m1/s1. The first kappa shape index (κ1) is 19.5. The number of nitrogens with one attached hydrogen (secondary N) is 1. The number of aromatic nitrogens is 4. The van der Waals surface area contributed by atoms with Crippen molar-refractivity contribution in [1.29, 1.82) is 0 Å². The van der Waals surface area contributed by atoms with E-state index < -0.39 is 6.04 Å². The van der Waals surface area contributed by atoms with Gasteiger partial charge in [-0.25, -0.2) is 4.98 Å². The molecule has 0 spiro atoms. The molecule has 3 aromatic heterocycles. The molecule has 8 heteroatoms. The van der Waals surface area contributed by atoms with Crippen LogP contribution in [0, 0.1) is 5.92 Å². The Morgan fingerprint density at radius 2 is 2.06 bits per heavy atom. The normalized spacial score (nSPS) is 15.7. The van der Waals surface area contributed by atoms with Crippen LogP contribution in [0.4, 0.5) is 0 Å². The Morgan fingerprint density at radius 1 is 1.23 bits per heavy atom. The topological polar surface area (TPSA) is 99.0 Å². The molecule has 0 saturated heterocycles. The Hall–Kier alpha value is -3.42. The number of hydrogen-bond donors (Lipinski definition) is 1. The van der Waals surface area contributed by atoms with Crippen LogP contribution in [0.5, 0.6) is 0 Å². The Bertz CT molecular complexity index is 1190. The van der Waals surface area contributed by atoms with E-state index in [0.29, 0.717) is 17.8 Å². The maximum absolute atomic E-state index is 12.4. The molecule has 1 aliphatic rings. The van der Waals surface area contributed by atoms with E-state index in [0.717, 1.165) is 16.6 Å². The van der Waals surface area contributed by atoms with Crippen LogP contribution in [-0.4, -0.2) is 25.6 Å². The first-order valence-electron chi connectivity index (χ1n) is 10.7. The summed E-state index contributed by atoms with van der Waals surface area (Å²) in [7, 11) is 0. The molecule has 31 heavy (non-hydrogen) atoms. The SMILES string of the molecule is CC(C)[C@@H](NC(=O)c1ccco1)c1nc(-c2ccc3c(c2)ncn3C2CCCC2)no1. The van der Waals surface area contributed by atoms with Crippen molar-refractivity contribution in [2.24, 2.45) is 5.92 Å². The van der Waals surface area contributed by atoms with Gasteiger partial charge in [-0.2, -0.15) is 4.98 Å². The summed E-state index contributed by atoms with van der Waals surface area (Å²) < 4.78 is 13.0. The molecule has 1 N–H and O–H groups in total. The van der Waals surface area contributed by atoms with Crippen LogP contribution in [0.2, 0.25) is 0 Å². The molecule has 1 saturated carbocycles. The lowest BCUT2D eigenvalue weighted by Crippen LogP contribution is -2.31. The van der Waals surface area contributed by atoms with Gasteiger partial charge >= 0.3 is 0 Å². The molecule has 0 bridgehead atoms.